The lowest BCUT2D eigenvalue weighted by Gasteiger charge is -2.26. The van der Waals surface area contributed by atoms with Crippen molar-refractivity contribution in [2.24, 2.45) is 0 Å². The van der Waals surface area contributed by atoms with E-state index >= 15 is 0 Å². The summed E-state index contributed by atoms with van der Waals surface area (Å²) < 4.78 is 12.9. The van der Waals surface area contributed by atoms with E-state index in [-0.39, 0.29) is 0 Å². The van der Waals surface area contributed by atoms with Crippen molar-refractivity contribution in [1.29, 1.82) is 0 Å². The van der Waals surface area contributed by atoms with Gasteiger partial charge in [0.15, 0.2) is 0 Å². The van der Waals surface area contributed by atoms with Gasteiger partial charge in [-0.05, 0) is 37.1 Å². The van der Waals surface area contributed by atoms with Crippen LogP contribution < -0.4 is 4.74 Å². The fourth-order valence-corrected chi connectivity index (χ4v) is 2.50. The quantitative estimate of drug-likeness (QED) is 0.849. The summed E-state index contributed by atoms with van der Waals surface area (Å²) in [4.78, 5) is 2.35. The first-order valence-electron chi connectivity index (χ1n) is 7.78. The highest BCUT2D eigenvalue weighted by Gasteiger charge is 2.10. The number of aromatic nitrogens is 2. The molecule has 0 saturated carbocycles. The fourth-order valence-electron chi connectivity index (χ4n) is 2.50. The van der Waals surface area contributed by atoms with Gasteiger partial charge in [0.25, 0.3) is 0 Å². The van der Waals surface area contributed by atoms with Crippen molar-refractivity contribution < 1.29 is 9.47 Å². The normalized spacial score (nSPS) is 15.9. The molecule has 5 nitrogen and oxygen atoms in total. The summed E-state index contributed by atoms with van der Waals surface area (Å²) in [7, 11) is 0. The smallest absolute Gasteiger partial charge is 0.233 e. The minimum absolute atomic E-state index is 0.657. The summed E-state index contributed by atoms with van der Waals surface area (Å²) >= 11 is 0. The van der Waals surface area contributed by atoms with Crippen LogP contribution in [0.1, 0.15) is 11.1 Å². The summed E-state index contributed by atoms with van der Waals surface area (Å²) in [6.45, 7) is 9.41. The number of aryl methyl sites for hydroxylation is 2. The lowest BCUT2D eigenvalue weighted by Crippen LogP contribution is -2.38. The minimum Gasteiger partial charge on any atom is -0.475 e. The number of morpholine rings is 1. The fraction of sp³-hybridized carbons (Fsp3) is 0.471. The van der Waals surface area contributed by atoms with E-state index in [0.717, 1.165) is 38.5 Å². The highest BCUT2D eigenvalue weighted by atomic mass is 16.5. The van der Waals surface area contributed by atoms with Crippen LogP contribution in [-0.4, -0.2) is 54.1 Å². The molecule has 0 N–H and O–H groups in total. The molecule has 0 spiro atoms. The number of hydrogen-bond donors (Lipinski definition) is 0. The van der Waals surface area contributed by atoms with Crippen LogP contribution in [0.25, 0.3) is 5.69 Å². The maximum Gasteiger partial charge on any atom is 0.233 e. The summed E-state index contributed by atoms with van der Waals surface area (Å²) in [6.07, 6.45) is 1.94. The lowest BCUT2D eigenvalue weighted by molar-refractivity contribution is 0.0320. The molecule has 1 aliphatic heterocycles. The van der Waals surface area contributed by atoms with Crippen LogP contribution in [0.15, 0.2) is 30.5 Å². The number of rotatable bonds is 5. The summed E-state index contributed by atoms with van der Waals surface area (Å²) in [5.41, 5.74) is 3.62. The minimum atomic E-state index is 0.657. The molecular formula is C17H23N3O2. The van der Waals surface area contributed by atoms with Gasteiger partial charge in [-0.1, -0.05) is 6.07 Å². The Morgan fingerprint density at radius 1 is 1.14 bits per heavy atom. The predicted octanol–water partition coefficient (Wildman–Crippen LogP) is 2.20. The van der Waals surface area contributed by atoms with Crippen LogP contribution in [-0.2, 0) is 4.74 Å². The molecule has 1 aromatic carbocycles. The molecule has 22 heavy (non-hydrogen) atoms. The molecule has 1 saturated heterocycles. The van der Waals surface area contributed by atoms with E-state index in [4.69, 9.17) is 9.47 Å². The van der Waals surface area contributed by atoms with Gasteiger partial charge in [0, 0.05) is 31.9 Å². The van der Waals surface area contributed by atoms with Gasteiger partial charge in [-0.3, -0.25) is 4.90 Å². The molecule has 5 heteroatoms. The maximum absolute atomic E-state index is 5.75. The van der Waals surface area contributed by atoms with Crippen LogP contribution in [0, 0.1) is 13.8 Å². The van der Waals surface area contributed by atoms with E-state index in [0.29, 0.717) is 12.5 Å². The van der Waals surface area contributed by atoms with Gasteiger partial charge >= 0.3 is 0 Å². The van der Waals surface area contributed by atoms with Crippen molar-refractivity contribution in [3.8, 4) is 11.6 Å². The van der Waals surface area contributed by atoms with Gasteiger partial charge in [-0.25, -0.2) is 4.68 Å². The van der Waals surface area contributed by atoms with Crippen LogP contribution in [0.5, 0.6) is 5.88 Å². The standard InChI is InChI=1S/C17H23N3O2/c1-14-3-4-16(13-15(14)2)20-6-5-17(18-20)22-12-9-19-7-10-21-11-8-19/h3-6,13H,7-12H2,1-2H3. The van der Waals surface area contributed by atoms with E-state index in [2.05, 4.69) is 42.0 Å². The molecule has 1 aliphatic rings. The van der Waals surface area contributed by atoms with Gasteiger partial charge in [-0.15, -0.1) is 5.10 Å². The first-order valence-corrected chi connectivity index (χ1v) is 7.78. The average molecular weight is 301 g/mol. The van der Waals surface area contributed by atoms with E-state index in [9.17, 15) is 0 Å². The molecule has 2 heterocycles. The SMILES string of the molecule is Cc1ccc(-n2ccc(OCCN3CCOCC3)n2)cc1C. The lowest BCUT2D eigenvalue weighted by atomic mass is 10.1. The number of ether oxygens (including phenoxy) is 2. The highest BCUT2D eigenvalue weighted by Crippen LogP contribution is 2.15. The third kappa shape index (κ3) is 3.67. The Labute approximate surface area is 131 Å². The highest BCUT2D eigenvalue weighted by molar-refractivity contribution is 5.39. The van der Waals surface area contributed by atoms with E-state index in [1.165, 1.54) is 11.1 Å². The van der Waals surface area contributed by atoms with E-state index < -0.39 is 0 Å². The molecule has 0 atom stereocenters. The topological polar surface area (TPSA) is 39.5 Å². The summed E-state index contributed by atoms with van der Waals surface area (Å²) in [6, 6.07) is 8.24. The second-order valence-corrected chi connectivity index (χ2v) is 5.67. The second kappa shape index (κ2) is 6.94. The van der Waals surface area contributed by atoms with Crippen molar-refractivity contribution in [3.05, 3.63) is 41.6 Å². The molecule has 1 fully saturated rings. The largest absolute Gasteiger partial charge is 0.475 e. The number of benzene rings is 1. The van der Waals surface area contributed by atoms with Gasteiger partial charge in [-0.2, -0.15) is 0 Å². The van der Waals surface area contributed by atoms with Crippen LogP contribution in [0.3, 0.4) is 0 Å². The number of nitrogens with zero attached hydrogens (tertiary/aromatic N) is 3. The van der Waals surface area contributed by atoms with Crippen molar-refractivity contribution in [3.63, 3.8) is 0 Å². The zero-order valence-corrected chi connectivity index (χ0v) is 13.3. The summed E-state index contributed by atoms with van der Waals surface area (Å²) in [5, 5.41) is 4.49. The Hall–Kier alpha value is -1.85. The van der Waals surface area contributed by atoms with E-state index in [1.54, 1.807) is 0 Å². The van der Waals surface area contributed by atoms with Crippen molar-refractivity contribution in [2.75, 3.05) is 39.5 Å². The maximum atomic E-state index is 5.75. The van der Waals surface area contributed by atoms with E-state index in [1.807, 2.05) is 16.9 Å². The van der Waals surface area contributed by atoms with Crippen molar-refractivity contribution >= 4 is 0 Å². The Kier molecular flexibility index (Phi) is 4.75. The molecule has 2 aromatic rings. The molecule has 0 amide bonds. The Morgan fingerprint density at radius 2 is 1.95 bits per heavy atom. The third-order valence-corrected chi connectivity index (χ3v) is 4.08. The van der Waals surface area contributed by atoms with Crippen molar-refractivity contribution in [1.82, 2.24) is 14.7 Å². The molecule has 3 rings (SSSR count). The van der Waals surface area contributed by atoms with Gasteiger partial charge in [0.2, 0.25) is 5.88 Å². The summed E-state index contributed by atoms with van der Waals surface area (Å²) in [5.74, 6) is 0.673. The molecular weight excluding hydrogens is 278 g/mol. The van der Waals surface area contributed by atoms with Crippen LogP contribution >= 0.6 is 0 Å². The Balaban J connectivity index is 1.55. The molecule has 118 valence electrons. The van der Waals surface area contributed by atoms with Crippen LogP contribution in [0.4, 0.5) is 0 Å². The molecule has 0 bridgehead atoms. The zero-order valence-electron chi connectivity index (χ0n) is 13.3. The third-order valence-electron chi connectivity index (χ3n) is 4.08. The number of hydrogen-bond acceptors (Lipinski definition) is 4. The molecule has 1 aromatic heterocycles. The van der Waals surface area contributed by atoms with Gasteiger partial charge in [0.05, 0.1) is 18.9 Å². The Morgan fingerprint density at radius 3 is 2.73 bits per heavy atom. The van der Waals surface area contributed by atoms with Crippen LogP contribution in [0.2, 0.25) is 0 Å². The second-order valence-electron chi connectivity index (χ2n) is 5.67. The van der Waals surface area contributed by atoms with Gasteiger partial charge < -0.3 is 9.47 Å². The first kappa shape index (κ1) is 15.1. The first-order chi connectivity index (χ1) is 10.7. The monoisotopic (exact) mass is 301 g/mol. The average Bonchev–Trinajstić information content (AvgIpc) is 3.00. The molecule has 0 aliphatic carbocycles. The molecule has 0 unspecified atom stereocenters. The van der Waals surface area contributed by atoms with Gasteiger partial charge in [0.1, 0.15) is 6.61 Å². The van der Waals surface area contributed by atoms with Crippen molar-refractivity contribution in [2.45, 2.75) is 13.8 Å². The Bertz CT molecular complexity index is 618. The molecule has 0 radical (unpaired) electrons. The zero-order chi connectivity index (χ0) is 15.4. The predicted molar refractivity (Wildman–Crippen MR) is 85.8 cm³/mol.